The van der Waals surface area contributed by atoms with E-state index in [1.807, 2.05) is 34.8 Å². The van der Waals surface area contributed by atoms with Gasteiger partial charge < -0.3 is 9.64 Å². The number of halogens is 2. The van der Waals surface area contributed by atoms with E-state index in [1.165, 1.54) is 5.56 Å². The highest BCUT2D eigenvalue weighted by Crippen LogP contribution is 2.45. The van der Waals surface area contributed by atoms with Crippen molar-refractivity contribution in [1.82, 2.24) is 14.7 Å². The Morgan fingerprint density at radius 2 is 1.74 bits per heavy atom. The molecule has 1 atom stereocenters. The lowest BCUT2D eigenvalue weighted by Crippen LogP contribution is -2.35. The second-order valence-corrected chi connectivity index (χ2v) is 9.44. The highest BCUT2D eigenvalue weighted by molar-refractivity contribution is 6.45. The topological polar surface area (TPSA) is 42.6 Å². The summed E-state index contributed by atoms with van der Waals surface area (Å²) in [7, 11) is 0. The molecule has 0 fully saturated rings. The molecular formula is C27H26Cl2N4O. The Hall–Kier alpha value is -3.02. The molecule has 5 rings (SSSR count). The van der Waals surface area contributed by atoms with E-state index in [1.54, 1.807) is 6.08 Å². The van der Waals surface area contributed by atoms with Crippen LogP contribution in [0.15, 0.2) is 75.9 Å². The first-order chi connectivity index (χ1) is 16.5. The zero-order valence-electron chi connectivity index (χ0n) is 19.4. The fourth-order valence-corrected chi connectivity index (χ4v) is 4.84. The van der Waals surface area contributed by atoms with E-state index in [2.05, 4.69) is 50.2 Å². The number of aliphatic imine (C=N–C) groups is 1. The van der Waals surface area contributed by atoms with Crippen LogP contribution >= 0.6 is 23.2 Å². The van der Waals surface area contributed by atoms with Crippen molar-refractivity contribution in [3.63, 3.8) is 0 Å². The average molecular weight is 493 g/mol. The molecule has 2 aromatic carbocycles. The Morgan fingerprint density at radius 3 is 2.44 bits per heavy atom. The molecule has 0 aliphatic carbocycles. The molecule has 5 nitrogen and oxygen atoms in total. The quantitative estimate of drug-likeness (QED) is 0.338. The lowest BCUT2D eigenvalue weighted by molar-refractivity contribution is 0.309. The summed E-state index contributed by atoms with van der Waals surface area (Å²) in [5, 5.41) is 5.93. The van der Waals surface area contributed by atoms with E-state index in [-0.39, 0.29) is 6.04 Å². The van der Waals surface area contributed by atoms with Crippen molar-refractivity contribution in [3.8, 4) is 11.4 Å². The Labute approximate surface area is 210 Å². The molecular weight excluding hydrogens is 467 g/mol. The van der Waals surface area contributed by atoms with Gasteiger partial charge in [0.05, 0.1) is 34.1 Å². The maximum Gasteiger partial charge on any atom is 0.164 e. The standard InChI is InChI=1S/C27H26Cl2N4O/c1-4-5-14-34-22-12-8-19(9-13-22)25-24-18(3)31-33(21-10-6-17(2)7-11-21)27(24)30-26-23(29)15-20(28)16-32(25)26/h6-13,15-16,25H,4-5,14H2,1-3H3/t25-/m0/s1. The fourth-order valence-electron chi connectivity index (χ4n) is 4.32. The number of hydrogen-bond donors (Lipinski definition) is 0. The van der Waals surface area contributed by atoms with Crippen molar-refractivity contribution in [2.75, 3.05) is 6.61 Å². The van der Waals surface area contributed by atoms with Gasteiger partial charge in [-0.2, -0.15) is 5.10 Å². The van der Waals surface area contributed by atoms with Crippen LogP contribution in [0.2, 0.25) is 0 Å². The zero-order valence-corrected chi connectivity index (χ0v) is 20.9. The monoisotopic (exact) mass is 492 g/mol. The first-order valence-corrected chi connectivity index (χ1v) is 12.2. The second kappa shape index (κ2) is 9.32. The first-order valence-electron chi connectivity index (χ1n) is 11.5. The van der Waals surface area contributed by atoms with Gasteiger partial charge in [0, 0.05) is 11.8 Å². The number of benzene rings is 2. The molecule has 0 unspecified atom stereocenters. The van der Waals surface area contributed by atoms with Crippen LogP contribution in [0.1, 0.15) is 48.2 Å². The Bertz CT molecular complexity index is 1300. The lowest BCUT2D eigenvalue weighted by Gasteiger charge is -2.37. The second-order valence-electron chi connectivity index (χ2n) is 8.59. The number of fused-ring (bicyclic) bond motifs is 2. The number of ether oxygens (including phenoxy) is 1. The fraction of sp³-hybridized carbons (Fsp3) is 0.259. The minimum atomic E-state index is -0.178. The van der Waals surface area contributed by atoms with Gasteiger partial charge in [-0.1, -0.05) is 66.4 Å². The highest BCUT2D eigenvalue weighted by Gasteiger charge is 2.37. The van der Waals surface area contributed by atoms with Crippen LogP contribution in [-0.4, -0.2) is 27.1 Å². The van der Waals surface area contributed by atoms with E-state index in [9.17, 15) is 0 Å². The third-order valence-corrected chi connectivity index (χ3v) is 6.56. The van der Waals surface area contributed by atoms with E-state index in [0.717, 1.165) is 46.9 Å². The Balaban J connectivity index is 1.63. The molecule has 7 heteroatoms. The predicted octanol–water partition coefficient (Wildman–Crippen LogP) is 7.32. The SMILES string of the molecule is CCCCOc1ccc([C@H]2c3c(C)nn(-c4ccc(C)cc4)c3N=C3C(Cl)=CC(Cl)=CN32)cc1. The summed E-state index contributed by atoms with van der Waals surface area (Å²) in [5.41, 5.74) is 5.15. The van der Waals surface area contributed by atoms with Crippen LogP contribution in [-0.2, 0) is 0 Å². The van der Waals surface area contributed by atoms with Crippen molar-refractivity contribution in [2.24, 2.45) is 4.99 Å². The Kier molecular flexibility index (Phi) is 6.24. The summed E-state index contributed by atoms with van der Waals surface area (Å²) >= 11 is 13.1. The molecule has 0 saturated heterocycles. The van der Waals surface area contributed by atoms with E-state index in [4.69, 9.17) is 38.0 Å². The smallest absolute Gasteiger partial charge is 0.164 e. The zero-order chi connectivity index (χ0) is 23.8. The number of hydrogen-bond acceptors (Lipinski definition) is 4. The Morgan fingerprint density at radius 1 is 1.00 bits per heavy atom. The van der Waals surface area contributed by atoms with Crippen LogP contribution in [0.5, 0.6) is 5.75 Å². The largest absolute Gasteiger partial charge is 0.494 e. The molecule has 34 heavy (non-hydrogen) atoms. The van der Waals surface area contributed by atoms with Gasteiger partial charge in [-0.3, -0.25) is 0 Å². The van der Waals surface area contributed by atoms with Crippen molar-refractivity contribution in [1.29, 1.82) is 0 Å². The highest BCUT2D eigenvalue weighted by atomic mass is 35.5. The lowest BCUT2D eigenvalue weighted by atomic mass is 9.94. The molecule has 174 valence electrons. The van der Waals surface area contributed by atoms with E-state index < -0.39 is 0 Å². The van der Waals surface area contributed by atoms with Crippen molar-refractivity contribution in [3.05, 3.63) is 93.3 Å². The number of unbranched alkanes of at least 4 members (excludes halogenated alkanes) is 1. The number of rotatable bonds is 6. The molecule has 0 N–H and O–H groups in total. The third kappa shape index (κ3) is 4.15. The number of aryl methyl sites for hydroxylation is 2. The average Bonchev–Trinajstić information content (AvgIpc) is 3.15. The molecule has 0 amide bonds. The summed E-state index contributed by atoms with van der Waals surface area (Å²) in [4.78, 5) is 7.00. The third-order valence-electron chi connectivity index (χ3n) is 6.07. The summed E-state index contributed by atoms with van der Waals surface area (Å²) in [6.07, 6.45) is 5.75. The van der Waals surface area contributed by atoms with Gasteiger partial charge >= 0.3 is 0 Å². The normalized spacial score (nSPS) is 16.9. The van der Waals surface area contributed by atoms with Crippen LogP contribution in [0, 0.1) is 13.8 Å². The van der Waals surface area contributed by atoms with E-state index in [0.29, 0.717) is 22.5 Å². The molecule has 0 bridgehead atoms. The van der Waals surface area contributed by atoms with Crippen LogP contribution < -0.4 is 4.74 Å². The molecule has 2 aliphatic heterocycles. The molecule has 0 spiro atoms. The van der Waals surface area contributed by atoms with Gasteiger partial charge in [-0.05, 0) is 56.2 Å². The maximum atomic E-state index is 6.64. The van der Waals surface area contributed by atoms with Gasteiger partial charge in [-0.25, -0.2) is 9.67 Å². The molecule has 2 aliphatic rings. The van der Waals surface area contributed by atoms with E-state index >= 15 is 0 Å². The van der Waals surface area contributed by atoms with Gasteiger partial charge in [0.1, 0.15) is 5.75 Å². The minimum Gasteiger partial charge on any atom is -0.494 e. The van der Waals surface area contributed by atoms with Crippen LogP contribution in [0.3, 0.4) is 0 Å². The van der Waals surface area contributed by atoms with Crippen LogP contribution in [0.25, 0.3) is 5.69 Å². The molecule has 3 aromatic rings. The van der Waals surface area contributed by atoms with Gasteiger partial charge in [-0.15, -0.1) is 0 Å². The van der Waals surface area contributed by atoms with Crippen molar-refractivity contribution < 1.29 is 4.74 Å². The summed E-state index contributed by atoms with van der Waals surface area (Å²) in [6.45, 7) is 6.96. The minimum absolute atomic E-state index is 0.178. The van der Waals surface area contributed by atoms with Crippen molar-refractivity contribution >= 4 is 34.9 Å². The molecule has 1 aromatic heterocycles. The maximum absolute atomic E-state index is 6.64. The number of amidine groups is 1. The molecule has 0 radical (unpaired) electrons. The first kappa shape index (κ1) is 22.8. The summed E-state index contributed by atoms with van der Waals surface area (Å²) < 4.78 is 7.77. The van der Waals surface area contributed by atoms with Crippen molar-refractivity contribution in [2.45, 2.75) is 39.7 Å². The summed E-state index contributed by atoms with van der Waals surface area (Å²) in [6, 6.07) is 16.3. The van der Waals surface area contributed by atoms with Crippen LogP contribution in [0.4, 0.5) is 5.82 Å². The van der Waals surface area contributed by atoms with Gasteiger partial charge in [0.15, 0.2) is 11.7 Å². The molecule has 0 saturated carbocycles. The van der Waals surface area contributed by atoms with Gasteiger partial charge in [0.25, 0.3) is 0 Å². The number of nitrogens with zero attached hydrogens (tertiary/aromatic N) is 4. The number of aromatic nitrogens is 2. The van der Waals surface area contributed by atoms with Gasteiger partial charge in [0.2, 0.25) is 0 Å². The predicted molar refractivity (Wildman–Crippen MR) is 139 cm³/mol. The molecule has 3 heterocycles. The summed E-state index contributed by atoms with van der Waals surface area (Å²) in [5.74, 6) is 2.29. The number of allylic oxidation sites excluding steroid dienone is 2.